The number of ether oxygens (including phenoxy) is 1. The average Bonchev–Trinajstić information content (AvgIpc) is 2.88. The summed E-state index contributed by atoms with van der Waals surface area (Å²) in [6, 6.07) is 11.7. The molecule has 7 heteroatoms. The van der Waals surface area contributed by atoms with E-state index < -0.39 is 11.2 Å². The zero-order valence-corrected chi connectivity index (χ0v) is 15.1. The summed E-state index contributed by atoms with van der Waals surface area (Å²) in [6.07, 6.45) is 0.00848. The minimum absolute atomic E-state index is 0.00848. The fraction of sp³-hybridized carbons (Fsp3) is 0.211. The van der Waals surface area contributed by atoms with Crippen molar-refractivity contribution in [2.45, 2.75) is 23.5 Å². The lowest BCUT2D eigenvalue weighted by molar-refractivity contribution is -0.121. The summed E-state index contributed by atoms with van der Waals surface area (Å²) in [5, 5.41) is 8.62. The van der Waals surface area contributed by atoms with Gasteiger partial charge >= 0.3 is 5.97 Å². The number of imide groups is 1. The molecule has 2 aromatic carbocycles. The number of hydrogen-bond acceptors (Lipinski definition) is 5. The Labute approximate surface area is 154 Å². The lowest BCUT2D eigenvalue weighted by Gasteiger charge is -2.18. The van der Waals surface area contributed by atoms with Crippen LogP contribution in [0.15, 0.2) is 47.4 Å². The van der Waals surface area contributed by atoms with Gasteiger partial charge in [0.05, 0.1) is 23.6 Å². The molecule has 1 saturated heterocycles. The maximum Gasteiger partial charge on any atom is 0.336 e. The van der Waals surface area contributed by atoms with Crippen molar-refractivity contribution >= 4 is 35.2 Å². The van der Waals surface area contributed by atoms with Crippen molar-refractivity contribution in [1.82, 2.24) is 0 Å². The van der Waals surface area contributed by atoms with E-state index in [-0.39, 0.29) is 23.8 Å². The van der Waals surface area contributed by atoms with E-state index >= 15 is 0 Å². The van der Waals surface area contributed by atoms with Gasteiger partial charge in [-0.25, -0.2) is 9.69 Å². The highest BCUT2D eigenvalue weighted by Gasteiger charge is 2.41. The molecule has 1 atom stereocenters. The van der Waals surface area contributed by atoms with Crippen molar-refractivity contribution < 1.29 is 24.2 Å². The van der Waals surface area contributed by atoms with Gasteiger partial charge in [-0.3, -0.25) is 9.59 Å². The number of amides is 2. The third-order valence-corrected chi connectivity index (χ3v) is 5.33. The minimum Gasteiger partial charge on any atom is -0.495 e. The summed E-state index contributed by atoms with van der Waals surface area (Å²) in [5.74, 6) is -1.33. The van der Waals surface area contributed by atoms with E-state index in [2.05, 4.69) is 0 Å². The number of aryl methyl sites for hydroxylation is 1. The molecular weight excluding hydrogens is 354 g/mol. The first kappa shape index (κ1) is 18.0. The molecule has 3 rings (SSSR count). The van der Waals surface area contributed by atoms with E-state index in [0.717, 1.165) is 22.2 Å². The van der Waals surface area contributed by atoms with Crippen LogP contribution in [0.4, 0.5) is 5.69 Å². The summed E-state index contributed by atoms with van der Waals surface area (Å²) < 4.78 is 5.28. The second-order valence-corrected chi connectivity index (χ2v) is 7.10. The Morgan fingerprint density at radius 3 is 2.65 bits per heavy atom. The summed E-state index contributed by atoms with van der Waals surface area (Å²) >= 11 is 1.10. The van der Waals surface area contributed by atoms with Crippen LogP contribution < -0.4 is 9.64 Å². The summed E-state index contributed by atoms with van der Waals surface area (Å²) in [4.78, 5) is 38.3. The molecule has 0 saturated carbocycles. The standard InChI is InChI=1S/C19H17NO5S/c1-11-7-8-14(25-2)13(9-11)20-17(21)10-16(18(20)22)26-15-6-4-3-5-12(15)19(23)24/h3-9,16H,10H2,1-2H3,(H,23,24)/t16-/m1/s1. The number of carboxylic acids is 1. The molecule has 0 radical (unpaired) electrons. The number of hydrogen-bond donors (Lipinski definition) is 1. The lowest BCUT2D eigenvalue weighted by atomic mass is 10.2. The lowest BCUT2D eigenvalue weighted by Crippen LogP contribution is -2.31. The highest BCUT2D eigenvalue weighted by atomic mass is 32.2. The van der Waals surface area contributed by atoms with Crippen LogP contribution in [0, 0.1) is 6.92 Å². The highest BCUT2D eigenvalue weighted by Crippen LogP contribution is 2.38. The molecule has 0 aliphatic carbocycles. The van der Waals surface area contributed by atoms with Crippen LogP contribution in [0.25, 0.3) is 0 Å². The first-order chi connectivity index (χ1) is 12.4. The van der Waals surface area contributed by atoms with Gasteiger partial charge in [0.15, 0.2) is 0 Å². The van der Waals surface area contributed by atoms with Crippen molar-refractivity contribution in [3.8, 4) is 5.75 Å². The van der Waals surface area contributed by atoms with Gasteiger partial charge in [0.25, 0.3) is 0 Å². The van der Waals surface area contributed by atoms with Crippen molar-refractivity contribution in [2.24, 2.45) is 0 Å². The normalized spacial score (nSPS) is 16.8. The third-order valence-electron chi connectivity index (χ3n) is 4.07. The third kappa shape index (κ3) is 3.30. The Morgan fingerprint density at radius 2 is 1.96 bits per heavy atom. The zero-order valence-electron chi connectivity index (χ0n) is 14.3. The molecule has 134 valence electrons. The van der Waals surface area contributed by atoms with E-state index in [4.69, 9.17) is 4.74 Å². The maximum atomic E-state index is 12.9. The molecular formula is C19H17NO5S. The van der Waals surface area contributed by atoms with Gasteiger partial charge in [0, 0.05) is 11.3 Å². The number of aromatic carboxylic acids is 1. The second kappa shape index (κ2) is 7.21. The van der Waals surface area contributed by atoms with Crippen LogP contribution in [-0.4, -0.2) is 35.2 Å². The fourth-order valence-corrected chi connectivity index (χ4v) is 4.00. The average molecular weight is 371 g/mol. The SMILES string of the molecule is COc1ccc(C)cc1N1C(=O)C[C@@H](Sc2ccccc2C(=O)O)C1=O. The Kier molecular flexibility index (Phi) is 4.99. The molecule has 0 unspecified atom stereocenters. The van der Waals surface area contributed by atoms with Crippen LogP contribution in [-0.2, 0) is 9.59 Å². The topological polar surface area (TPSA) is 83.9 Å². The molecule has 1 N–H and O–H groups in total. The quantitative estimate of drug-likeness (QED) is 0.813. The summed E-state index contributed by atoms with van der Waals surface area (Å²) in [7, 11) is 1.48. The maximum absolute atomic E-state index is 12.9. The van der Waals surface area contributed by atoms with Crippen LogP contribution in [0.3, 0.4) is 0 Å². The Balaban J connectivity index is 1.91. The predicted octanol–water partition coefficient (Wildman–Crippen LogP) is 3.13. The molecule has 0 bridgehead atoms. The molecule has 1 heterocycles. The van der Waals surface area contributed by atoms with Crippen molar-refractivity contribution in [3.05, 3.63) is 53.6 Å². The Hall–Kier alpha value is -2.80. The van der Waals surface area contributed by atoms with Gasteiger partial charge in [-0.2, -0.15) is 0 Å². The highest BCUT2D eigenvalue weighted by molar-refractivity contribution is 8.00. The van der Waals surface area contributed by atoms with E-state index in [0.29, 0.717) is 16.3 Å². The smallest absolute Gasteiger partial charge is 0.336 e. The minimum atomic E-state index is -1.07. The van der Waals surface area contributed by atoms with E-state index in [9.17, 15) is 19.5 Å². The molecule has 6 nitrogen and oxygen atoms in total. The first-order valence-corrected chi connectivity index (χ1v) is 8.80. The van der Waals surface area contributed by atoms with E-state index in [1.54, 1.807) is 30.3 Å². The molecule has 2 aromatic rings. The number of rotatable bonds is 5. The zero-order chi connectivity index (χ0) is 18.8. The number of carboxylic acid groups (broad SMARTS) is 1. The van der Waals surface area contributed by atoms with Gasteiger partial charge in [0.1, 0.15) is 5.75 Å². The first-order valence-electron chi connectivity index (χ1n) is 7.92. The number of benzene rings is 2. The van der Waals surface area contributed by atoms with Gasteiger partial charge in [-0.15, -0.1) is 11.8 Å². The molecule has 2 amide bonds. The largest absolute Gasteiger partial charge is 0.495 e. The predicted molar refractivity (Wildman–Crippen MR) is 97.9 cm³/mol. The monoisotopic (exact) mass is 371 g/mol. The Morgan fingerprint density at radius 1 is 1.23 bits per heavy atom. The fourth-order valence-electron chi connectivity index (χ4n) is 2.82. The molecule has 1 aliphatic heterocycles. The summed E-state index contributed by atoms with van der Waals surface area (Å²) in [5.41, 5.74) is 1.43. The van der Waals surface area contributed by atoms with Gasteiger partial charge < -0.3 is 9.84 Å². The number of nitrogens with zero attached hydrogens (tertiary/aromatic N) is 1. The van der Waals surface area contributed by atoms with Crippen molar-refractivity contribution in [1.29, 1.82) is 0 Å². The van der Waals surface area contributed by atoms with E-state index in [1.807, 2.05) is 13.0 Å². The van der Waals surface area contributed by atoms with Crippen LogP contribution in [0.5, 0.6) is 5.75 Å². The Bertz CT molecular complexity index is 895. The van der Waals surface area contributed by atoms with Gasteiger partial charge in [-0.1, -0.05) is 18.2 Å². The number of methoxy groups -OCH3 is 1. The number of anilines is 1. The van der Waals surface area contributed by atoms with Gasteiger partial charge in [0.2, 0.25) is 11.8 Å². The molecule has 1 aliphatic rings. The number of thioether (sulfide) groups is 1. The molecule has 0 spiro atoms. The second-order valence-electron chi connectivity index (χ2n) is 5.85. The molecule has 26 heavy (non-hydrogen) atoms. The van der Waals surface area contributed by atoms with E-state index in [1.165, 1.54) is 13.2 Å². The van der Waals surface area contributed by atoms with Crippen molar-refractivity contribution in [2.75, 3.05) is 12.0 Å². The van der Waals surface area contributed by atoms with Crippen molar-refractivity contribution in [3.63, 3.8) is 0 Å². The molecule has 1 fully saturated rings. The van der Waals surface area contributed by atoms with Crippen LogP contribution >= 0.6 is 11.8 Å². The van der Waals surface area contributed by atoms with Crippen LogP contribution in [0.1, 0.15) is 22.3 Å². The van der Waals surface area contributed by atoms with Crippen LogP contribution in [0.2, 0.25) is 0 Å². The number of carbonyl (C=O) groups is 3. The van der Waals surface area contributed by atoms with Gasteiger partial charge in [-0.05, 0) is 36.8 Å². The molecule has 0 aromatic heterocycles. The number of carbonyl (C=O) groups excluding carboxylic acids is 2. The summed E-state index contributed by atoms with van der Waals surface area (Å²) in [6.45, 7) is 1.86.